The van der Waals surface area contributed by atoms with Gasteiger partial charge in [-0.2, -0.15) is 0 Å². The summed E-state index contributed by atoms with van der Waals surface area (Å²) in [6.45, 7) is -0.468. The summed E-state index contributed by atoms with van der Waals surface area (Å²) in [6, 6.07) is 6.92. The molecular formula is C11H12F2N2O. The van der Waals surface area contributed by atoms with Gasteiger partial charge in [-0.15, -0.1) is 0 Å². The molecule has 86 valence electrons. The van der Waals surface area contributed by atoms with E-state index in [9.17, 15) is 13.6 Å². The Morgan fingerprint density at radius 3 is 2.31 bits per heavy atom. The number of carbonyl (C=O) groups excluding carboxylic acids is 1. The summed E-state index contributed by atoms with van der Waals surface area (Å²) in [5.74, 6) is -2.96. The lowest BCUT2D eigenvalue weighted by molar-refractivity contribution is -0.117. The standard InChI is InChI=1S/C11H12F2N2O/c12-11(13)6-15(7-11)9-3-1-8(2-4-9)5-10(14)16/h1-4H,5-7H2,(H2,14,16). The second kappa shape index (κ2) is 3.73. The molecule has 1 saturated heterocycles. The maximum Gasteiger partial charge on any atom is 0.282 e. The first-order valence-electron chi connectivity index (χ1n) is 4.96. The largest absolute Gasteiger partial charge is 0.369 e. The van der Waals surface area contributed by atoms with Gasteiger partial charge < -0.3 is 10.6 Å². The minimum Gasteiger partial charge on any atom is -0.369 e. The molecule has 0 bridgehead atoms. The number of hydrogen-bond acceptors (Lipinski definition) is 2. The van der Waals surface area contributed by atoms with Crippen molar-refractivity contribution in [3.63, 3.8) is 0 Å². The number of anilines is 1. The summed E-state index contributed by atoms with van der Waals surface area (Å²) >= 11 is 0. The quantitative estimate of drug-likeness (QED) is 0.841. The van der Waals surface area contributed by atoms with E-state index in [1.165, 1.54) is 0 Å². The number of nitrogens with zero attached hydrogens (tertiary/aromatic N) is 1. The molecule has 1 aromatic rings. The third kappa shape index (κ3) is 2.29. The van der Waals surface area contributed by atoms with E-state index in [0.717, 1.165) is 11.3 Å². The third-order valence-electron chi connectivity index (χ3n) is 2.52. The smallest absolute Gasteiger partial charge is 0.282 e. The Morgan fingerprint density at radius 2 is 1.88 bits per heavy atom. The Hall–Kier alpha value is -1.65. The van der Waals surface area contributed by atoms with Crippen LogP contribution in [0, 0.1) is 0 Å². The SMILES string of the molecule is NC(=O)Cc1ccc(N2CC(F)(F)C2)cc1. The lowest BCUT2D eigenvalue weighted by Crippen LogP contribution is -2.56. The van der Waals surface area contributed by atoms with Crippen LogP contribution in [0.1, 0.15) is 5.56 Å². The molecule has 2 rings (SSSR count). The van der Waals surface area contributed by atoms with Gasteiger partial charge in [0.25, 0.3) is 5.92 Å². The first-order chi connectivity index (χ1) is 7.46. The summed E-state index contributed by atoms with van der Waals surface area (Å²) in [5.41, 5.74) is 6.59. The summed E-state index contributed by atoms with van der Waals surface area (Å²) < 4.78 is 25.2. The molecule has 1 aliphatic rings. The molecule has 0 radical (unpaired) electrons. The van der Waals surface area contributed by atoms with Crippen molar-refractivity contribution in [2.75, 3.05) is 18.0 Å². The van der Waals surface area contributed by atoms with Crippen molar-refractivity contribution in [3.8, 4) is 0 Å². The van der Waals surface area contributed by atoms with Gasteiger partial charge in [0.15, 0.2) is 0 Å². The fourth-order valence-corrected chi connectivity index (χ4v) is 1.72. The van der Waals surface area contributed by atoms with Gasteiger partial charge in [-0.05, 0) is 17.7 Å². The summed E-state index contributed by atoms with van der Waals surface area (Å²) in [4.78, 5) is 12.2. The number of halogens is 2. The molecule has 3 nitrogen and oxygen atoms in total. The number of primary amides is 1. The lowest BCUT2D eigenvalue weighted by Gasteiger charge is -2.40. The van der Waals surface area contributed by atoms with Crippen molar-refractivity contribution in [3.05, 3.63) is 29.8 Å². The first kappa shape index (κ1) is 10.9. The Kier molecular flexibility index (Phi) is 2.53. The fourth-order valence-electron chi connectivity index (χ4n) is 1.72. The van der Waals surface area contributed by atoms with Gasteiger partial charge in [0.1, 0.15) is 0 Å². The van der Waals surface area contributed by atoms with E-state index in [2.05, 4.69) is 0 Å². The topological polar surface area (TPSA) is 46.3 Å². The molecule has 0 saturated carbocycles. The first-order valence-corrected chi connectivity index (χ1v) is 4.96. The van der Waals surface area contributed by atoms with E-state index in [0.29, 0.717) is 0 Å². The van der Waals surface area contributed by atoms with E-state index in [1.807, 2.05) is 0 Å². The van der Waals surface area contributed by atoms with Crippen LogP contribution in [-0.4, -0.2) is 24.9 Å². The molecule has 0 aliphatic carbocycles. The van der Waals surface area contributed by atoms with Crippen molar-refractivity contribution < 1.29 is 13.6 Å². The summed E-state index contributed by atoms with van der Waals surface area (Å²) in [5, 5.41) is 0. The van der Waals surface area contributed by atoms with E-state index in [1.54, 1.807) is 29.2 Å². The van der Waals surface area contributed by atoms with Crippen molar-refractivity contribution in [1.82, 2.24) is 0 Å². The van der Waals surface area contributed by atoms with Crippen LogP contribution < -0.4 is 10.6 Å². The minimum atomic E-state index is -2.56. The van der Waals surface area contributed by atoms with Crippen LogP contribution in [0.15, 0.2) is 24.3 Å². The zero-order valence-corrected chi connectivity index (χ0v) is 8.62. The minimum absolute atomic E-state index is 0.177. The fraction of sp³-hybridized carbons (Fsp3) is 0.364. The predicted octanol–water partition coefficient (Wildman–Crippen LogP) is 1.17. The van der Waals surface area contributed by atoms with Crippen LogP contribution in [0.4, 0.5) is 14.5 Å². The summed E-state index contributed by atoms with van der Waals surface area (Å²) in [7, 11) is 0. The molecule has 1 aromatic carbocycles. The highest BCUT2D eigenvalue weighted by molar-refractivity contribution is 5.76. The molecule has 16 heavy (non-hydrogen) atoms. The van der Waals surface area contributed by atoms with E-state index in [4.69, 9.17) is 5.73 Å². The van der Waals surface area contributed by atoms with Crippen molar-refractivity contribution in [2.45, 2.75) is 12.3 Å². The van der Waals surface area contributed by atoms with Crippen LogP contribution in [-0.2, 0) is 11.2 Å². The van der Waals surface area contributed by atoms with E-state index < -0.39 is 11.8 Å². The zero-order chi connectivity index (χ0) is 11.8. The molecule has 0 atom stereocenters. The van der Waals surface area contributed by atoms with Crippen LogP contribution in [0.2, 0.25) is 0 Å². The van der Waals surface area contributed by atoms with Gasteiger partial charge >= 0.3 is 0 Å². The van der Waals surface area contributed by atoms with Gasteiger partial charge in [-0.3, -0.25) is 4.79 Å². The number of carbonyl (C=O) groups is 1. The highest BCUT2D eigenvalue weighted by Gasteiger charge is 2.43. The highest BCUT2D eigenvalue weighted by atomic mass is 19.3. The molecule has 1 amide bonds. The van der Waals surface area contributed by atoms with E-state index in [-0.39, 0.29) is 19.5 Å². The number of nitrogens with two attached hydrogens (primary N) is 1. The average Bonchev–Trinajstić information content (AvgIpc) is 2.14. The van der Waals surface area contributed by atoms with Gasteiger partial charge in [-0.1, -0.05) is 12.1 Å². The van der Waals surface area contributed by atoms with Crippen molar-refractivity contribution in [2.24, 2.45) is 5.73 Å². The second-order valence-electron chi connectivity index (χ2n) is 4.02. The molecule has 2 N–H and O–H groups in total. The Labute approximate surface area is 91.8 Å². The Bertz CT molecular complexity index is 395. The van der Waals surface area contributed by atoms with Crippen LogP contribution in [0.3, 0.4) is 0 Å². The van der Waals surface area contributed by atoms with Crippen LogP contribution in [0.25, 0.3) is 0 Å². The Morgan fingerprint density at radius 1 is 1.31 bits per heavy atom. The van der Waals surface area contributed by atoms with Crippen LogP contribution >= 0.6 is 0 Å². The highest BCUT2D eigenvalue weighted by Crippen LogP contribution is 2.31. The molecular weight excluding hydrogens is 214 g/mol. The number of alkyl halides is 2. The van der Waals surface area contributed by atoms with Crippen molar-refractivity contribution in [1.29, 1.82) is 0 Å². The van der Waals surface area contributed by atoms with Crippen LogP contribution in [0.5, 0.6) is 0 Å². The maximum atomic E-state index is 12.6. The summed E-state index contributed by atoms with van der Waals surface area (Å²) in [6.07, 6.45) is 0.177. The van der Waals surface area contributed by atoms with E-state index >= 15 is 0 Å². The molecule has 1 aliphatic heterocycles. The monoisotopic (exact) mass is 226 g/mol. The van der Waals surface area contributed by atoms with Gasteiger partial charge in [0, 0.05) is 5.69 Å². The normalized spacial score (nSPS) is 18.0. The average molecular weight is 226 g/mol. The third-order valence-corrected chi connectivity index (χ3v) is 2.52. The molecule has 0 unspecified atom stereocenters. The predicted molar refractivity (Wildman–Crippen MR) is 56.5 cm³/mol. The number of benzene rings is 1. The lowest BCUT2D eigenvalue weighted by atomic mass is 10.1. The zero-order valence-electron chi connectivity index (χ0n) is 8.62. The molecule has 1 heterocycles. The maximum absolute atomic E-state index is 12.6. The number of rotatable bonds is 3. The number of amides is 1. The molecule has 1 fully saturated rings. The number of hydrogen-bond donors (Lipinski definition) is 1. The van der Waals surface area contributed by atoms with Gasteiger partial charge in [0.05, 0.1) is 19.5 Å². The second-order valence-corrected chi connectivity index (χ2v) is 4.02. The Balaban J connectivity index is 2.01. The van der Waals surface area contributed by atoms with Gasteiger partial charge in [0.2, 0.25) is 5.91 Å². The molecule has 0 aromatic heterocycles. The van der Waals surface area contributed by atoms with Gasteiger partial charge in [-0.25, -0.2) is 8.78 Å². The molecule has 0 spiro atoms. The van der Waals surface area contributed by atoms with Crippen molar-refractivity contribution >= 4 is 11.6 Å². The molecule has 5 heteroatoms.